The van der Waals surface area contributed by atoms with Crippen molar-refractivity contribution in [3.05, 3.63) is 66.1 Å². The zero-order chi connectivity index (χ0) is 26.1. The fraction of sp³-hybridized carbons (Fsp3) is 0.333. The predicted molar refractivity (Wildman–Crippen MR) is 140 cm³/mol. The summed E-state index contributed by atoms with van der Waals surface area (Å²) >= 11 is 0. The Morgan fingerprint density at radius 1 is 0.919 bits per heavy atom. The van der Waals surface area contributed by atoms with E-state index < -0.39 is 17.7 Å². The van der Waals surface area contributed by atoms with Gasteiger partial charge >= 0.3 is 0 Å². The Morgan fingerprint density at radius 3 is 2.38 bits per heavy atom. The lowest BCUT2D eigenvalue weighted by Gasteiger charge is -2.38. The van der Waals surface area contributed by atoms with Crippen molar-refractivity contribution < 1.29 is 13.9 Å². The Bertz CT molecular complexity index is 1400. The Labute approximate surface area is 214 Å². The van der Waals surface area contributed by atoms with Crippen LogP contribution in [0, 0.1) is 11.6 Å². The van der Waals surface area contributed by atoms with E-state index in [4.69, 9.17) is 0 Å². The second-order valence-corrected chi connectivity index (χ2v) is 9.46. The number of nitrogens with zero attached hydrogens (tertiary/aromatic N) is 6. The van der Waals surface area contributed by atoms with Crippen LogP contribution in [0.3, 0.4) is 0 Å². The number of aliphatic hydroxyl groups is 1. The van der Waals surface area contributed by atoms with Gasteiger partial charge < -0.3 is 15.3 Å². The van der Waals surface area contributed by atoms with Crippen LogP contribution in [0.4, 0.5) is 26.2 Å². The molecule has 5 rings (SSSR count). The monoisotopic (exact) mass is 505 g/mol. The van der Waals surface area contributed by atoms with Crippen molar-refractivity contribution in [1.82, 2.24) is 24.8 Å². The van der Waals surface area contributed by atoms with Crippen molar-refractivity contribution in [3.8, 4) is 11.3 Å². The number of aliphatic hydroxyl groups excluding tert-OH is 1. The third-order valence-corrected chi connectivity index (χ3v) is 6.70. The number of pyridine rings is 2. The van der Waals surface area contributed by atoms with E-state index in [1.54, 1.807) is 25.3 Å². The molecule has 1 aromatic carbocycles. The summed E-state index contributed by atoms with van der Waals surface area (Å²) in [6, 6.07) is 8.72. The van der Waals surface area contributed by atoms with Gasteiger partial charge in [0.2, 0.25) is 5.95 Å². The molecule has 1 fully saturated rings. The maximum absolute atomic E-state index is 14.9. The highest BCUT2D eigenvalue weighted by Crippen LogP contribution is 2.31. The number of nitrogens with one attached hydrogen (secondary N) is 1. The molecular weight excluding hydrogens is 476 g/mol. The van der Waals surface area contributed by atoms with Crippen LogP contribution in [-0.4, -0.2) is 62.2 Å². The van der Waals surface area contributed by atoms with E-state index in [0.29, 0.717) is 22.8 Å². The first-order valence-corrected chi connectivity index (χ1v) is 12.3. The Balaban J connectivity index is 1.38. The topological polar surface area (TPSA) is 90.3 Å². The lowest BCUT2D eigenvalue weighted by molar-refractivity contribution is 0.201. The van der Waals surface area contributed by atoms with E-state index in [1.165, 1.54) is 12.3 Å². The molecule has 0 aliphatic carbocycles. The summed E-state index contributed by atoms with van der Waals surface area (Å²) in [4.78, 5) is 21.6. The van der Waals surface area contributed by atoms with Crippen molar-refractivity contribution in [3.63, 3.8) is 0 Å². The normalized spacial score (nSPS) is 15.4. The first kappa shape index (κ1) is 24.9. The average molecular weight is 506 g/mol. The predicted octanol–water partition coefficient (Wildman–Crippen LogP) is 4.69. The smallest absolute Gasteiger partial charge is 0.229 e. The van der Waals surface area contributed by atoms with Crippen LogP contribution in [0.25, 0.3) is 22.2 Å². The van der Waals surface area contributed by atoms with Crippen LogP contribution in [0.15, 0.2) is 48.9 Å². The van der Waals surface area contributed by atoms with E-state index >= 15 is 0 Å². The number of anilines is 3. The number of fused-ring (bicyclic) bond motifs is 1. The number of aromatic nitrogens is 4. The van der Waals surface area contributed by atoms with Crippen LogP contribution in [0.2, 0.25) is 0 Å². The van der Waals surface area contributed by atoms with Crippen molar-refractivity contribution in [2.45, 2.75) is 32.9 Å². The highest BCUT2D eigenvalue weighted by molar-refractivity contribution is 5.87. The van der Waals surface area contributed by atoms with E-state index in [2.05, 4.69) is 48.9 Å². The van der Waals surface area contributed by atoms with Gasteiger partial charge in [0.1, 0.15) is 22.8 Å². The molecule has 37 heavy (non-hydrogen) atoms. The molecule has 0 amide bonds. The molecule has 0 radical (unpaired) electrons. The molecule has 1 atom stereocenters. The lowest BCUT2D eigenvalue weighted by Crippen LogP contribution is -2.48. The summed E-state index contributed by atoms with van der Waals surface area (Å²) in [5.41, 5.74) is 1.77. The van der Waals surface area contributed by atoms with Crippen LogP contribution >= 0.6 is 0 Å². The van der Waals surface area contributed by atoms with Crippen molar-refractivity contribution in [2.75, 3.05) is 36.4 Å². The number of piperazine rings is 1. The third kappa shape index (κ3) is 5.21. The minimum absolute atomic E-state index is 0.0710. The summed E-state index contributed by atoms with van der Waals surface area (Å²) in [7, 11) is 0. The maximum Gasteiger partial charge on any atom is 0.229 e. The SMILES string of the molecule is CC(O)c1ccnc2c(F)cc(-c3nc(Nc4ccc(N5CCN(C(C)C)CC5)cn4)ncc3F)cc12. The van der Waals surface area contributed by atoms with Crippen molar-refractivity contribution >= 4 is 28.4 Å². The molecule has 1 unspecified atom stereocenters. The van der Waals surface area contributed by atoms with Gasteiger partial charge in [-0.05, 0) is 56.7 Å². The van der Waals surface area contributed by atoms with Gasteiger partial charge in [0, 0.05) is 49.4 Å². The quantitative estimate of drug-likeness (QED) is 0.390. The standard InChI is InChI=1S/C27H29F2N7O/c1-16(2)35-8-10-36(11-9-35)19-4-5-24(31-14-19)33-27-32-15-23(29)25(34-27)18-12-21-20(17(3)37)6-7-30-26(21)22(28)13-18/h4-7,12-17,37H,8-11H2,1-3H3,(H,31,32,33,34). The number of benzene rings is 1. The number of hydrogen-bond acceptors (Lipinski definition) is 8. The third-order valence-electron chi connectivity index (χ3n) is 6.70. The first-order chi connectivity index (χ1) is 17.8. The minimum atomic E-state index is -0.847. The molecule has 10 heteroatoms. The Morgan fingerprint density at radius 2 is 1.70 bits per heavy atom. The average Bonchev–Trinajstić information content (AvgIpc) is 2.90. The highest BCUT2D eigenvalue weighted by Gasteiger charge is 2.20. The summed E-state index contributed by atoms with van der Waals surface area (Å²) in [6.07, 6.45) is 3.42. The molecule has 192 valence electrons. The van der Waals surface area contributed by atoms with Gasteiger partial charge in [-0.2, -0.15) is 0 Å². The van der Waals surface area contributed by atoms with Gasteiger partial charge in [-0.1, -0.05) is 0 Å². The summed E-state index contributed by atoms with van der Waals surface area (Å²) in [5.74, 6) is -0.693. The highest BCUT2D eigenvalue weighted by atomic mass is 19.1. The van der Waals surface area contributed by atoms with Gasteiger partial charge in [0.25, 0.3) is 0 Å². The van der Waals surface area contributed by atoms with Crippen molar-refractivity contribution in [1.29, 1.82) is 0 Å². The fourth-order valence-electron chi connectivity index (χ4n) is 4.62. The van der Waals surface area contributed by atoms with Gasteiger partial charge in [0.05, 0.1) is 24.2 Å². The summed E-state index contributed by atoms with van der Waals surface area (Å²) < 4.78 is 29.6. The van der Waals surface area contributed by atoms with E-state index in [0.717, 1.165) is 38.1 Å². The van der Waals surface area contributed by atoms with Crippen LogP contribution < -0.4 is 10.2 Å². The second kappa shape index (κ2) is 10.3. The molecule has 1 saturated heterocycles. The largest absolute Gasteiger partial charge is 0.389 e. The lowest BCUT2D eigenvalue weighted by atomic mass is 10.0. The molecule has 0 spiro atoms. The maximum atomic E-state index is 14.9. The van der Waals surface area contributed by atoms with E-state index in [-0.39, 0.29) is 22.7 Å². The number of halogens is 2. The Kier molecular flexibility index (Phi) is 6.94. The molecular formula is C27H29F2N7O. The molecule has 4 heterocycles. The molecule has 4 aromatic rings. The van der Waals surface area contributed by atoms with E-state index in [9.17, 15) is 13.9 Å². The zero-order valence-corrected chi connectivity index (χ0v) is 21.0. The van der Waals surface area contributed by atoms with Gasteiger partial charge in [-0.3, -0.25) is 9.88 Å². The molecule has 3 aromatic heterocycles. The summed E-state index contributed by atoms with van der Waals surface area (Å²) in [5, 5.41) is 13.5. The fourth-order valence-corrected chi connectivity index (χ4v) is 4.62. The minimum Gasteiger partial charge on any atom is -0.389 e. The van der Waals surface area contributed by atoms with Crippen LogP contribution in [-0.2, 0) is 0 Å². The van der Waals surface area contributed by atoms with Gasteiger partial charge in [-0.25, -0.2) is 23.7 Å². The number of hydrogen-bond donors (Lipinski definition) is 2. The molecule has 0 bridgehead atoms. The Hall–Kier alpha value is -3.76. The van der Waals surface area contributed by atoms with Gasteiger partial charge in [-0.15, -0.1) is 0 Å². The van der Waals surface area contributed by atoms with E-state index in [1.807, 2.05) is 12.1 Å². The molecule has 0 saturated carbocycles. The molecule has 8 nitrogen and oxygen atoms in total. The first-order valence-electron chi connectivity index (χ1n) is 12.3. The van der Waals surface area contributed by atoms with Gasteiger partial charge in [0.15, 0.2) is 5.82 Å². The molecule has 2 N–H and O–H groups in total. The molecule has 1 aliphatic rings. The number of rotatable bonds is 6. The van der Waals surface area contributed by atoms with Crippen molar-refractivity contribution in [2.24, 2.45) is 0 Å². The zero-order valence-electron chi connectivity index (χ0n) is 21.0. The second-order valence-electron chi connectivity index (χ2n) is 9.46. The summed E-state index contributed by atoms with van der Waals surface area (Å²) in [6.45, 7) is 9.89. The molecule has 1 aliphatic heterocycles. The van der Waals surface area contributed by atoms with Crippen LogP contribution in [0.5, 0.6) is 0 Å². The van der Waals surface area contributed by atoms with Crippen LogP contribution in [0.1, 0.15) is 32.4 Å².